The third kappa shape index (κ3) is 2.80. The van der Waals surface area contributed by atoms with Crippen LogP contribution in [-0.4, -0.2) is 34.7 Å². The summed E-state index contributed by atoms with van der Waals surface area (Å²) < 4.78 is 11.5. The van der Waals surface area contributed by atoms with Gasteiger partial charge in [0.15, 0.2) is 11.5 Å². The van der Waals surface area contributed by atoms with Gasteiger partial charge in [-0.15, -0.1) is 0 Å². The van der Waals surface area contributed by atoms with Crippen LogP contribution in [0, 0.1) is 0 Å². The highest BCUT2D eigenvalue weighted by atomic mass is 79.9. The summed E-state index contributed by atoms with van der Waals surface area (Å²) in [6, 6.07) is 10.5. The molecule has 1 unspecified atom stereocenters. The number of hydrogen-bond acceptors (Lipinski definition) is 4. The molecule has 8 heteroatoms. The van der Waals surface area contributed by atoms with Crippen molar-refractivity contribution in [3.63, 3.8) is 0 Å². The van der Waals surface area contributed by atoms with E-state index in [9.17, 15) is 9.59 Å². The van der Waals surface area contributed by atoms with E-state index in [0.717, 1.165) is 26.5 Å². The summed E-state index contributed by atoms with van der Waals surface area (Å²) in [5.41, 5.74) is 2.79. The lowest BCUT2D eigenvalue weighted by Gasteiger charge is -2.15. The quantitative estimate of drug-likeness (QED) is 0.608. The minimum absolute atomic E-state index is 0.159. The Morgan fingerprint density at radius 3 is 2.75 bits per heavy atom. The molecule has 1 saturated heterocycles. The second kappa shape index (κ2) is 6.56. The molecule has 0 radical (unpaired) electrons. The topological polar surface area (TPSA) is 83.7 Å². The lowest BCUT2D eigenvalue weighted by Crippen LogP contribution is -2.32. The number of rotatable bonds is 4. The van der Waals surface area contributed by atoms with Crippen molar-refractivity contribution in [2.45, 2.75) is 19.0 Å². The smallest absolute Gasteiger partial charge is 0.325 e. The zero-order valence-corrected chi connectivity index (χ0v) is 16.3. The number of H-pyrrole nitrogens is 1. The van der Waals surface area contributed by atoms with Gasteiger partial charge in [0.25, 0.3) is 5.91 Å². The maximum Gasteiger partial charge on any atom is 0.325 e. The van der Waals surface area contributed by atoms with Gasteiger partial charge in [0.1, 0.15) is 6.04 Å². The fourth-order valence-electron chi connectivity index (χ4n) is 3.64. The lowest BCUT2D eigenvalue weighted by molar-refractivity contribution is -0.127. The zero-order valence-electron chi connectivity index (χ0n) is 14.7. The molecule has 2 N–H and O–H groups in total. The number of carbonyl (C=O) groups is 2. The molecule has 2 aliphatic rings. The molecule has 3 aromatic rings. The van der Waals surface area contributed by atoms with Gasteiger partial charge in [-0.3, -0.25) is 9.69 Å². The van der Waals surface area contributed by atoms with Gasteiger partial charge in [-0.2, -0.15) is 0 Å². The Hall–Kier alpha value is -3.00. The van der Waals surface area contributed by atoms with Gasteiger partial charge < -0.3 is 19.8 Å². The predicted octanol–water partition coefficient (Wildman–Crippen LogP) is 3.32. The van der Waals surface area contributed by atoms with E-state index in [1.165, 1.54) is 4.90 Å². The molecule has 3 heterocycles. The minimum atomic E-state index is -0.584. The summed E-state index contributed by atoms with van der Waals surface area (Å²) in [4.78, 5) is 29.8. The van der Waals surface area contributed by atoms with Gasteiger partial charge in [0.2, 0.25) is 6.79 Å². The van der Waals surface area contributed by atoms with Crippen LogP contribution in [0.15, 0.2) is 47.1 Å². The summed E-state index contributed by atoms with van der Waals surface area (Å²) in [6.07, 6.45) is 2.33. The first-order chi connectivity index (χ1) is 13.6. The molecule has 1 fully saturated rings. The van der Waals surface area contributed by atoms with Gasteiger partial charge in [-0.1, -0.05) is 34.1 Å². The van der Waals surface area contributed by atoms with Crippen molar-refractivity contribution in [3.8, 4) is 11.5 Å². The number of aromatic nitrogens is 1. The Bertz CT molecular complexity index is 1110. The van der Waals surface area contributed by atoms with E-state index in [4.69, 9.17) is 9.47 Å². The largest absolute Gasteiger partial charge is 0.454 e. The molecule has 2 aromatic carbocycles. The molecule has 0 bridgehead atoms. The van der Waals surface area contributed by atoms with Crippen LogP contribution < -0.4 is 14.8 Å². The van der Waals surface area contributed by atoms with Gasteiger partial charge >= 0.3 is 6.03 Å². The third-order valence-corrected chi connectivity index (χ3v) is 5.81. The van der Waals surface area contributed by atoms with E-state index in [0.29, 0.717) is 17.9 Å². The summed E-state index contributed by atoms with van der Waals surface area (Å²) in [7, 11) is 0. The van der Waals surface area contributed by atoms with Crippen molar-refractivity contribution in [2.24, 2.45) is 0 Å². The maximum absolute atomic E-state index is 12.9. The monoisotopic (exact) mass is 441 g/mol. The Morgan fingerprint density at radius 2 is 1.89 bits per heavy atom. The van der Waals surface area contributed by atoms with Crippen molar-refractivity contribution >= 4 is 38.8 Å². The fourth-order valence-corrected chi connectivity index (χ4v) is 4.08. The highest BCUT2D eigenvalue weighted by molar-refractivity contribution is 9.10. The number of urea groups is 1. The predicted molar refractivity (Wildman–Crippen MR) is 105 cm³/mol. The Kier molecular flexibility index (Phi) is 4.01. The Morgan fingerprint density at radius 1 is 1.11 bits per heavy atom. The highest BCUT2D eigenvalue weighted by Crippen LogP contribution is 2.37. The zero-order chi connectivity index (χ0) is 19.3. The SMILES string of the molecule is O=C1NC(Cc2c[nH]c3ccccc23)C(=O)N1Cc1cc2c(cc1Br)OCO2. The molecule has 28 heavy (non-hydrogen) atoms. The molecule has 0 aliphatic carbocycles. The molecule has 1 atom stereocenters. The van der Waals surface area contributed by atoms with Gasteiger partial charge in [0, 0.05) is 28.0 Å². The number of nitrogens with zero attached hydrogens (tertiary/aromatic N) is 1. The summed E-state index contributed by atoms with van der Waals surface area (Å²) >= 11 is 3.48. The number of amides is 3. The average molecular weight is 442 g/mol. The van der Waals surface area contributed by atoms with Gasteiger partial charge in [0.05, 0.1) is 6.54 Å². The minimum Gasteiger partial charge on any atom is -0.454 e. The van der Waals surface area contributed by atoms with E-state index in [1.807, 2.05) is 30.5 Å². The first-order valence-corrected chi connectivity index (χ1v) is 9.64. The molecule has 7 nitrogen and oxygen atoms in total. The van der Waals surface area contributed by atoms with Crippen LogP contribution >= 0.6 is 15.9 Å². The lowest BCUT2D eigenvalue weighted by atomic mass is 10.0. The molecule has 0 spiro atoms. The molecule has 142 valence electrons. The maximum atomic E-state index is 12.9. The van der Waals surface area contributed by atoms with E-state index < -0.39 is 6.04 Å². The molecule has 1 aromatic heterocycles. The van der Waals surface area contributed by atoms with Crippen molar-refractivity contribution in [3.05, 3.63) is 58.2 Å². The van der Waals surface area contributed by atoms with Crippen LogP contribution in [0.1, 0.15) is 11.1 Å². The second-order valence-corrected chi connectivity index (χ2v) is 7.64. The fraction of sp³-hybridized carbons (Fsp3) is 0.200. The number of carbonyl (C=O) groups excluding carboxylic acids is 2. The number of ether oxygens (including phenoxy) is 2. The van der Waals surface area contributed by atoms with Crippen LogP contribution in [-0.2, 0) is 17.8 Å². The number of imide groups is 1. The van der Waals surface area contributed by atoms with Gasteiger partial charge in [-0.25, -0.2) is 4.79 Å². The number of halogens is 1. The molecule has 5 rings (SSSR count). The first-order valence-electron chi connectivity index (χ1n) is 8.85. The number of nitrogens with one attached hydrogen (secondary N) is 2. The van der Waals surface area contributed by atoms with Crippen LogP contribution in [0.3, 0.4) is 0 Å². The molecule has 0 saturated carbocycles. The van der Waals surface area contributed by atoms with Crippen molar-refractivity contribution in [1.82, 2.24) is 15.2 Å². The molecule has 2 aliphatic heterocycles. The third-order valence-electron chi connectivity index (χ3n) is 5.08. The van der Waals surface area contributed by atoms with Crippen molar-refractivity contribution in [2.75, 3.05) is 6.79 Å². The number of benzene rings is 2. The Labute approximate surface area is 168 Å². The van der Waals surface area contributed by atoms with Gasteiger partial charge in [-0.05, 0) is 29.3 Å². The Balaban J connectivity index is 1.36. The molecule has 3 amide bonds. The van der Waals surface area contributed by atoms with Crippen molar-refractivity contribution in [1.29, 1.82) is 0 Å². The number of hydrogen-bond donors (Lipinski definition) is 2. The highest BCUT2D eigenvalue weighted by Gasteiger charge is 2.38. The van der Waals surface area contributed by atoms with E-state index in [2.05, 4.69) is 26.2 Å². The first kappa shape index (κ1) is 17.1. The summed E-state index contributed by atoms with van der Waals surface area (Å²) in [5.74, 6) is 1.02. The number of aromatic amines is 1. The van der Waals surface area contributed by atoms with E-state index in [1.54, 1.807) is 12.1 Å². The summed E-state index contributed by atoms with van der Waals surface area (Å²) in [6.45, 7) is 0.327. The standard InChI is InChI=1S/C20H16BrN3O4/c21-14-7-18-17(27-10-28-18)6-12(14)9-24-19(25)16(23-20(24)26)5-11-8-22-15-4-2-1-3-13(11)15/h1-4,6-8,16,22H,5,9-10H2,(H,23,26). The second-order valence-electron chi connectivity index (χ2n) is 6.79. The normalized spacial score (nSPS) is 18.2. The molecular formula is C20H16BrN3O4. The van der Waals surface area contributed by atoms with Crippen LogP contribution in [0.25, 0.3) is 10.9 Å². The molecular weight excluding hydrogens is 426 g/mol. The van der Waals surface area contributed by atoms with Crippen molar-refractivity contribution < 1.29 is 19.1 Å². The van der Waals surface area contributed by atoms with E-state index >= 15 is 0 Å². The van der Waals surface area contributed by atoms with E-state index in [-0.39, 0.29) is 25.3 Å². The number of para-hydroxylation sites is 1. The van der Waals surface area contributed by atoms with Crippen LogP contribution in [0.4, 0.5) is 4.79 Å². The average Bonchev–Trinajstić information content (AvgIpc) is 3.37. The summed E-state index contributed by atoms with van der Waals surface area (Å²) in [5, 5.41) is 3.86. The van der Waals surface area contributed by atoms with Crippen LogP contribution in [0.5, 0.6) is 11.5 Å². The number of fused-ring (bicyclic) bond motifs is 2. The van der Waals surface area contributed by atoms with Crippen LogP contribution in [0.2, 0.25) is 0 Å².